The zero-order valence-corrected chi connectivity index (χ0v) is 13.6. The van der Waals surface area contributed by atoms with Crippen molar-refractivity contribution in [2.75, 3.05) is 12.4 Å². The molecule has 2 rings (SSSR count). The summed E-state index contributed by atoms with van der Waals surface area (Å²) >= 11 is 1.44. The Bertz CT molecular complexity index is 595. The highest BCUT2D eigenvalue weighted by Gasteiger charge is 2.26. The zero-order valence-electron chi connectivity index (χ0n) is 12.8. The number of amides is 3. The van der Waals surface area contributed by atoms with E-state index in [2.05, 4.69) is 15.4 Å². The van der Waals surface area contributed by atoms with E-state index in [0.717, 1.165) is 42.5 Å². The minimum atomic E-state index is -0.800. The lowest BCUT2D eigenvalue weighted by molar-refractivity contribution is -0.115. The highest BCUT2D eigenvalue weighted by Crippen LogP contribution is 2.37. The molecule has 1 aliphatic rings. The number of carbonyl (C=O) groups excluding carboxylic acids is 3. The van der Waals surface area contributed by atoms with E-state index in [9.17, 15) is 14.4 Å². The van der Waals surface area contributed by atoms with Gasteiger partial charge in [0.2, 0.25) is 5.91 Å². The Balaban J connectivity index is 2.38. The van der Waals surface area contributed by atoms with E-state index >= 15 is 0 Å². The Hall–Kier alpha value is -1.89. The van der Waals surface area contributed by atoms with Gasteiger partial charge in [-0.05, 0) is 31.2 Å². The van der Waals surface area contributed by atoms with Gasteiger partial charge in [-0.15, -0.1) is 11.3 Å². The molecule has 6 nitrogen and oxygen atoms in total. The van der Waals surface area contributed by atoms with Gasteiger partial charge >= 0.3 is 6.09 Å². The first-order chi connectivity index (χ1) is 10.6. The lowest BCUT2D eigenvalue weighted by atomic mass is 10.0. The van der Waals surface area contributed by atoms with Crippen molar-refractivity contribution in [2.24, 2.45) is 0 Å². The molecule has 0 fully saturated rings. The van der Waals surface area contributed by atoms with Crippen LogP contribution < -0.4 is 10.6 Å². The first-order valence-electron chi connectivity index (χ1n) is 7.40. The highest BCUT2D eigenvalue weighted by atomic mass is 32.1. The second-order valence-electron chi connectivity index (χ2n) is 5.12. The fourth-order valence-electron chi connectivity index (χ4n) is 2.49. The SMILES string of the molecule is CCC(=O)Nc1sc2c(c1C(=O)NC(=O)OC)CCCCC2. The molecule has 1 heterocycles. The average molecular weight is 324 g/mol. The van der Waals surface area contributed by atoms with Crippen LogP contribution in [0.3, 0.4) is 0 Å². The fraction of sp³-hybridized carbons (Fsp3) is 0.533. The van der Waals surface area contributed by atoms with Gasteiger partial charge in [0.05, 0.1) is 12.7 Å². The molecule has 1 aromatic rings. The van der Waals surface area contributed by atoms with Crippen LogP contribution in [0.25, 0.3) is 0 Å². The van der Waals surface area contributed by atoms with Gasteiger partial charge in [-0.3, -0.25) is 14.9 Å². The third-order valence-electron chi connectivity index (χ3n) is 3.62. The van der Waals surface area contributed by atoms with Crippen LogP contribution in [0, 0.1) is 0 Å². The molecule has 0 unspecified atom stereocenters. The number of methoxy groups -OCH3 is 1. The Kier molecular flexibility index (Phi) is 5.54. The van der Waals surface area contributed by atoms with Crippen LogP contribution in [0.5, 0.6) is 0 Å². The lowest BCUT2D eigenvalue weighted by Gasteiger charge is -2.08. The summed E-state index contributed by atoms with van der Waals surface area (Å²) in [5.41, 5.74) is 1.37. The second-order valence-corrected chi connectivity index (χ2v) is 6.22. The predicted octanol–water partition coefficient (Wildman–Crippen LogP) is 2.86. The van der Waals surface area contributed by atoms with Crippen LogP contribution in [0.4, 0.5) is 9.80 Å². The average Bonchev–Trinajstić information content (AvgIpc) is 2.67. The molecular weight excluding hydrogens is 304 g/mol. The van der Waals surface area contributed by atoms with Gasteiger partial charge in [-0.25, -0.2) is 4.79 Å². The summed E-state index contributed by atoms with van der Waals surface area (Å²) in [6.45, 7) is 1.75. The molecule has 22 heavy (non-hydrogen) atoms. The molecule has 0 saturated heterocycles. The molecule has 1 aromatic heterocycles. The third kappa shape index (κ3) is 3.65. The normalized spacial score (nSPS) is 13.7. The number of alkyl carbamates (subject to hydrolysis) is 1. The first kappa shape index (κ1) is 16.5. The van der Waals surface area contributed by atoms with Crippen LogP contribution in [0.1, 0.15) is 53.4 Å². The molecule has 3 amide bonds. The Morgan fingerprint density at radius 1 is 1.18 bits per heavy atom. The Labute approximate surface area is 133 Å². The summed E-state index contributed by atoms with van der Waals surface area (Å²) < 4.78 is 4.47. The molecule has 120 valence electrons. The summed E-state index contributed by atoms with van der Waals surface area (Å²) in [4.78, 5) is 36.5. The number of carbonyl (C=O) groups is 3. The van der Waals surface area contributed by atoms with Crippen molar-refractivity contribution in [3.63, 3.8) is 0 Å². The molecular formula is C15H20N2O4S. The Morgan fingerprint density at radius 2 is 1.91 bits per heavy atom. The third-order valence-corrected chi connectivity index (χ3v) is 4.83. The van der Waals surface area contributed by atoms with Crippen molar-refractivity contribution in [1.82, 2.24) is 5.32 Å². The molecule has 1 aliphatic carbocycles. The maximum atomic E-state index is 12.4. The standard InChI is InChI=1S/C15H20N2O4S/c1-3-11(18)16-14-12(13(19)17-15(20)21-2)9-7-5-4-6-8-10(9)22-14/h3-8H2,1-2H3,(H,16,18)(H,17,19,20). The minimum absolute atomic E-state index is 0.150. The number of ether oxygens (including phenoxy) is 1. The summed E-state index contributed by atoms with van der Waals surface area (Å²) in [6, 6.07) is 0. The van der Waals surface area contributed by atoms with Crippen molar-refractivity contribution in [1.29, 1.82) is 0 Å². The van der Waals surface area contributed by atoms with Crippen molar-refractivity contribution in [2.45, 2.75) is 45.4 Å². The van der Waals surface area contributed by atoms with Gasteiger partial charge in [0.15, 0.2) is 0 Å². The van der Waals surface area contributed by atoms with E-state index in [1.165, 1.54) is 18.4 Å². The highest BCUT2D eigenvalue weighted by molar-refractivity contribution is 7.17. The summed E-state index contributed by atoms with van der Waals surface area (Å²) in [7, 11) is 1.20. The number of nitrogens with one attached hydrogen (secondary N) is 2. The molecule has 0 spiro atoms. The van der Waals surface area contributed by atoms with Crippen LogP contribution >= 0.6 is 11.3 Å². The Morgan fingerprint density at radius 3 is 2.59 bits per heavy atom. The lowest BCUT2D eigenvalue weighted by Crippen LogP contribution is -2.31. The molecule has 0 aliphatic heterocycles. The van der Waals surface area contributed by atoms with Crippen molar-refractivity contribution in [3.8, 4) is 0 Å². The molecule has 0 bridgehead atoms. The van der Waals surface area contributed by atoms with E-state index in [1.54, 1.807) is 6.92 Å². The molecule has 0 aromatic carbocycles. The minimum Gasteiger partial charge on any atom is -0.453 e. The number of fused-ring (bicyclic) bond motifs is 1. The smallest absolute Gasteiger partial charge is 0.413 e. The number of aryl methyl sites for hydroxylation is 1. The molecule has 0 saturated carbocycles. The van der Waals surface area contributed by atoms with Gasteiger partial charge < -0.3 is 10.1 Å². The number of hydrogen-bond donors (Lipinski definition) is 2. The van der Waals surface area contributed by atoms with Crippen molar-refractivity contribution in [3.05, 3.63) is 16.0 Å². The van der Waals surface area contributed by atoms with E-state index in [1.807, 2.05) is 0 Å². The summed E-state index contributed by atoms with van der Waals surface area (Å²) in [5.74, 6) is -0.666. The molecule has 2 N–H and O–H groups in total. The number of imide groups is 1. The van der Waals surface area contributed by atoms with Gasteiger partial charge in [-0.1, -0.05) is 13.3 Å². The zero-order chi connectivity index (χ0) is 16.1. The maximum Gasteiger partial charge on any atom is 0.413 e. The van der Waals surface area contributed by atoms with E-state index in [4.69, 9.17) is 0 Å². The quantitative estimate of drug-likeness (QED) is 0.837. The van der Waals surface area contributed by atoms with Gasteiger partial charge in [-0.2, -0.15) is 0 Å². The van der Waals surface area contributed by atoms with Gasteiger partial charge in [0.1, 0.15) is 5.00 Å². The number of anilines is 1. The van der Waals surface area contributed by atoms with Gasteiger partial charge in [0, 0.05) is 11.3 Å². The number of thiophene rings is 1. The largest absolute Gasteiger partial charge is 0.453 e. The second kappa shape index (κ2) is 7.40. The number of hydrogen-bond acceptors (Lipinski definition) is 5. The molecule has 0 atom stereocenters. The van der Waals surface area contributed by atoms with E-state index in [0.29, 0.717) is 17.0 Å². The summed E-state index contributed by atoms with van der Waals surface area (Å²) in [6.07, 6.45) is 4.43. The first-order valence-corrected chi connectivity index (χ1v) is 8.22. The van der Waals surface area contributed by atoms with Crippen LogP contribution in [-0.2, 0) is 22.4 Å². The van der Waals surface area contributed by atoms with E-state index < -0.39 is 12.0 Å². The van der Waals surface area contributed by atoms with Crippen molar-refractivity contribution >= 4 is 34.2 Å². The topological polar surface area (TPSA) is 84.5 Å². The predicted molar refractivity (Wildman–Crippen MR) is 84.4 cm³/mol. The fourth-order valence-corrected chi connectivity index (χ4v) is 3.80. The van der Waals surface area contributed by atoms with E-state index in [-0.39, 0.29) is 5.91 Å². The molecule has 0 radical (unpaired) electrons. The monoisotopic (exact) mass is 324 g/mol. The maximum absolute atomic E-state index is 12.4. The van der Waals surface area contributed by atoms with Crippen LogP contribution in [0.2, 0.25) is 0 Å². The van der Waals surface area contributed by atoms with Crippen molar-refractivity contribution < 1.29 is 19.1 Å². The number of rotatable bonds is 3. The summed E-state index contributed by atoms with van der Waals surface area (Å²) in [5, 5.41) is 5.49. The van der Waals surface area contributed by atoms with Gasteiger partial charge in [0.25, 0.3) is 5.91 Å². The van der Waals surface area contributed by atoms with Crippen LogP contribution in [-0.4, -0.2) is 25.0 Å². The van der Waals surface area contributed by atoms with Crippen LogP contribution in [0.15, 0.2) is 0 Å². The molecule has 7 heteroatoms.